The highest BCUT2D eigenvalue weighted by Gasteiger charge is 2.20. The number of benzene rings is 2. The molecule has 0 amide bonds. The van der Waals surface area contributed by atoms with Crippen LogP contribution in [0.2, 0.25) is 0 Å². The largest absolute Gasteiger partial charge is 0.488 e. The van der Waals surface area contributed by atoms with Crippen LogP contribution in [0.3, 0.4) is 0 Å². The molecule has 0 aliphatic heterocycles. The summed E-state index contributed by atoms with van der Waals surface area (Å²) in [6.45, 7) is 1.65. The second-order valence-electron chi connectivity index (χ2n) is 4.44. The average molecular weight is 349 g/mol. The minimum absolute atomic E-state index is 0.0759. The Morgan fingerprint density at radius 2 is 1.81 bits per heavy atom. The van der Waals surface area contributed by atoms with Crippen LogP contribution in [0.1, 0.15) is 33.2 Å². The molecule has 0 spiro atoms. The number of carboxylic acid groups (broad SMARTS) is 1. The zero-order chi connectivity index (χ0) is 15.4. The van der Waals surface area contributed by atoms with Gasteiger partial charge in [-0.25, -0.2) is 4.79 Å². The van der Waals surface area contributed by atoms with Gasteiger partial charge in [0.2, 0.25) is 0 Å². The van der Waals surface area contributed by atoms with Crippen molar-refractivity contribution in [2.24, 2.45) is 0 Å². The number of carbonyl (C=O) groups excluding carboxylic acids is 1. The van der Waals surface area contributed by atoms with Crippen LogP contribution < -0.4 is 4.74 Å². The first-order valence-corrected chi connectivity index (χ1v) is 7.03. The molecule has 108 valence electrons. The Morgan fingerprint density at radius 3 is 2.38 bits per heavy atom. The molecule has 0 fully saturated rings. The van der Waals surface area contributed by atoms with Crippen LogP contribution in [0.25, 0.3) is 0 Å². The standard InChI is InChI=1S/C16H13BrO4/c1-10(18)12-7-8-13(15(17)14(12)16(19)20)21-9-11-5-3-2-4-6-11/h2-8H,9H2,1H3,(H,19,20). The number of carbonyl (C=O) groups is 2. The van der Waals surface area contributed by atoms with Crippen LogP contribution in [0, 0.1) is 0 Å². The Kier molecular flexibility index (Phi) is 4.75. The van der Waals surface area contributed by atoms with E-state index in [2.05, 4.69) is 15.9 Å². The molecule has 0 aliphatic carbocycles. The summed E-state index contributed by atoms with van der Waals surface area (Å²) >= 11 is 3.22. The molecule has 0 atom stereocenters. The van der Waals surface area contributed by atoms with Crippen molar-refractivity contribution in [3.63, 3.8) is 0 Å². The first-order valence-electron chi connectivity index (χ1n) is 6.24. The SMILES string of the molecule is CC(=O)c1ccc(OCc2ccccc2)c(Br)c1C(=O)O. The van der Waals surface area contributed by atoms with E-state index in [1.807, 2.05) is 30.3 Å². The van der Waals surface area contributed by atoms with E-state index in [0.717, 1.165) is 5.56 Å². The minimum atomic E-state index is -1.17. The van der Waals surface area contributed by atoms with Gasteiger partial charge in [0.15, 0.2) is 5.78 Å². The zero-order valence-corrected chi connectivity index (χ0v) is 12.9. The lowest BCUT2D eigenvalue weighted by Gasteiger charge is -2.12. The Bertz CT molecular complexity index is 680. The molecule has 0 aliphatic rings. The first kappa shape index (κ1) is 15.3. The zero-order valence-electron chi connectivity index (χ0n) is 11.3. The maximum atomic E-state index is 11.5. The molecule has 2 aromatic rings. The van der Waals surface area contributed by atoms with Crippen molar-refractivity contribution in [1.29, 1.82) is 0 Å². The van der Waals surface area contributed by atoms with Crippen LogP contribution in [0.15, 0.2) is 46.9 Å². The van der Waals surface area contributed by atoms with Gasteiger partial charge in [-0.1, -0.05) is 30.3 Å². The molecule has 0 unspecified atom stereocenters. The highest BCUT2D eigenvalue weighted by atomic mass is 79.9. The molecular weight excluding hydrogens is 336 g/mol. The fraction of sp³-hybridized carbons (Fsp3) is 0.125. The van der Waals surface area contributed by atoms with Gasteiger partial charge < -0.3 is 9.84 Å². The number of hydrogen-bond acceptors (Lipinski definition) is 3. The van der Waals surface area contributed by atoms with Crippen LogP contribution in [-0.2, 0) is 6.61 Å². The number of ether oxygens (including phenoxy) is 1. The maximum Gasteiger partial charge on any atom is 0.337 e. The second kappa shape index (κ2) is 6.54. The molecule has 1 N–H and O–H groups in total. The van der Waals surface area contributed by atoms with Crippen LogP contribution >= 0.6 is 15.9 Å². The van der Waals surface area contributed by atoms with E-state index in [1.165, 1.54) is 13.0 Å². The van der Waals surface area contributed by atoms with Crippen molar-refractivity contribution < 1.29 is 19.4 Å². The summed E-state index contributed by atoms with van der Waals surface area (Å²) in [5, 5.41) is 9.27. The molecule has 0 aromatic heterocycles. The number of ketones is 1. The predicted octanol–water partition coefficient (Wildman–Crippen LogP) is 3.93. The van der Waals surface area contributed by atoms with Gasteiger partial charge in [-0.15, -0.1) is 0 Å². The minimum Gasteiger partial charge on any atom is -0.488 e. The summed E-state index contributed by atoms with van der Waals surface area (Å²) in [7, 11) is 0. The summed E-state index contributed by atoms with van der Waals surface area (Å²) in [6.07, 6.45) is 0. The van der Waals surface area contributed by atoms with Gasteiger partial charge >= 0.3 is 5.97 Å². The van der Waals surface area contributed by atoms with Gasteiger partial charge in [0.05, 0.1) is 10.0 Å². The topological polar surface area (TPSA) is 63.6 Å². The summed E-state index contributed by atoms with van der Waals surface area (Å²) in [4.78, 5) is 22.8. The molecular formula is C16H13BrO4. The third kappa shape index (κ3) is 3.49. The Morgan fingerprint density at radius 1 is 1.14 bits per heavy atom. The first-order chi connectivity index (χ1) is 10.0. The number of hydrogen-bond donors (Lipinski definition) is 1. The molecule has 0 heterocycles. The van der Waals surface area contributed by atoms with Crippen molar-refractivity contribution in [2.75, 3.05) is 0 Å². The molecule has 0 saturated heterocycles. The average Bonchev–Trinajstić information content (AvgIpc) is 2.46. The molecule has 0 bridgehead atoms. The third-order valence-electron chi connectivity index (χ3n) is 2.94. The van der Waals surface area contributed by atoms with Gasteiger partial charge in [-0.2, -0.15) is 0 Å². The van der Waals surface area contributed by atoms with Crippen molar-refractivity contribution in [1.82, 2.24) is 0 Å². The van der Waals surface area contributed by atoms with Crippen molar-refractivity contribution in [3.05, 3.63) is 63.6 Å². The van der Waals surface area contributed by atoms with Crippen LogP contribution in [0.5, 0.6) is 5.75 Å². The van der Waals surface area contributed by atoms with Gasteiger partial charge in [-0.3, -0.25) is 4.79 Å². The third-order valence-corrected chi connectivity index (χ3v) is 3.72. The normalized spacial score (nSPS) is 10.2. The second-order valence-corrected chi connectivity index (χ2v) is 5.23. The molecule has 2 aromatic carbocycles. The lowest BCUT2D eigenvalue weighted by Crippen LogP contribution is -2.08. The van der Waals surface area contributed by atoms with E-state index in [4.69, 9.17) is 4.74 Å². The Labute approximate surface area is 130 Å². The number of halogens is 1. The monoisotopic (exact) mass is 348 g/mol. The van der Waals surface area contributed by atoms with Crippen LogP contribution in [-0.4, -0.2) is 16.9 Å². The van der Waals surface area contributed by atoms with E-state index in [-0.39, 0.29) is 21.4 Å². The molecule has 2 rings (SSSR count). The number of aromatic carboxylic acids is 1. The Hall–Kier alpha value is -2.14. The highest BCUT2D eigenvalue weighted by Crippen LogP contribution is 2.32. The van der Waals surface area contributed by atoms with Crippen molar-refractivity contribution in [2.45, 2.75) is 13.5 Å². The van der Waals surface area contributed by atoms with Crippen molar-refractivity contribution in [3.8, 4) is 5.75 Å². The molecule has 4 nitrogen and oxygen atoms in total. The smallest absolute Gasteiger partial charge is 0.337 e. The quantitative estimate of drug-likeness (QED) is 0.831. The van der Waals surface area contributed by atoms with Gasteiger partial charge in [0.25, 0.3) is 0 Å². The van der Waals surface area contributed by atoms with E-state index in [1.54, 1.807) is 6.07 Å². The Balaban J connectivity index is 2.31. The maximum absolute atomic E-state index is 11.5. The highest BCUT2D eigenvalue weighted by molar-refractivity contribution is 9.10. The lowest BCUT2D eigenvalue weighted by molar-refractivity contribution is 0.0690. The number of carboxylic acids is 1. The fourth-order valence-corrected chi connectivity index (χ4v) is 2.54. The van der Waals surface area contributed by atoms with Gasteiger partial charge in [0, 0.05) is 5.56 Å². The van der Waals surface area contributed by atoms with Crippen LogP contribution in [0.4, 0.5) is 0 Å². The van der Waals surface area contributed by atoms with Gasteiger partial charge in [-0.05, 0) is 40.5 Å². The van der Waals surface area contributed by atoms with E-state index in [9.17, 15) is 14.7 Å². The molecule has 0 radical (unpaired) electrons. The van der Waals surface area contributed by atoms with E-state index >= 15 is 0 Å². The molecule has 5 heteroatoms. The number of Topliss-reactive ketones (excluding diaryl/α,β-unsaturated/α-hetero) is 1. The number of rotatable bonds is 5. The van der Waals surface area contributed by atoms with Crippen molar-refractivity contribution >= 4 is 27.7 Å². The van der Waals surface area contributed by atoms with E-state index < -0.39 is 5.97 Å². The summed E-state index contributed by atoms with van der Waals surface area (Å²) in [6, 6.07) is 12.6. The predicted molar refractivity (Wildman–Crippen MR) is 81.9 cm³/mol. The van der Waals surface area contributed by atoms with E-state index in [0.29, 0.717) is 12.4 Å². The molecule has 0 saturated carbocycles. The lowest BCUT2D eigenvalue weighted by atomic mass is 10.0. The molecule has 21 heavy (non-hydrogen) atoms. The summed E-state index contributed by atoms with van der Waals surface area (Å²) in [5.74, 6) is -1.08. The fourth-order valence-electron chi connectivity index (χ4n) is 1.91. The summed E-state index contributed by atoms with van der Waals surface area (Å²) < 4.78 is 5.90. The summed E-state index contributed by atoms with van der Waals surface area (Å²) in [5.41, 5.74) is 1.05. The van der Waals surface area contributed by atoms with Gasteiger partial charge in [0.1, 0.15) is 12.4 Å².